The summed E-state index contributed by atoms with van der Waals surface area (Å²) in [7, 11) is 0. The van der Waals surface area contributed by atoms with Crippen LogP contribution in [0.25, 0.3) is 0 Å². The highest BCUT2D eigenvalue weighted by atomic mass is 35.5. The van der Waals surface area contributed by atoms with Crippen molar-refractivity contribution < 1.29 is 19.4 Å². The summed E-state index contributed by atoms with van der Waals surface area (Å²) in [6.07, 6.45) is 2.86. The van der Waals surface area contributed by atoms with E-state index in [1.807, 2.05) is 12.1 Å². The maximum atomic E-state index is 12.1. The van der Waals surface area contributed by atoms with Crippen molar-refractivity contribution in [2.75, 3.05) is 25.0 Å². The summed E-state index contributed by atoms with van der Waals surface area (Å²) < 4.78 is 11.3. The number of benzene rings is 1. The van der Waals surface area contributed by atoms with Crippen LogP contribution in [0, 0.1) is 0 Å². The molecule has 1 saturated carbocycles. The first kappa shape index (κ1) is 19.0. The second kappa shape index (κ2) is 9.22. The highest BCUT2D eigenvalue weighted by molar-refractivity contribution is 5.94. The van der Waals surface area contributed by atoms with Crippen molar-refractivity contribution in [3.05, 3.63) is 24.3 Å². The van der Waals surface area contributed by atoms with Gasteiger partial charge in [-0.1, -0.05) is 6.42 Å². The lowest BCUT2D eigenvalue weighted by atomic mass is 9.95. The molecule has 3 atom stereocenters. The van der Waals surface area contributed by atoms with E-state index < -0.39 is 6.10 Å². The molecule has 1 amide bonds. The van der Waals surface area contributed by atoms with Gasteiger partial charge in [0.25, 0.3) is 5.91 Å². The van der Waals surface area contributed by atoms with Gasteiger partial charge in [0.1, 0.15) is 18.0 Å². The maximum absolute atomic E-state index is 12.1. The van der Waals surface area contributed by atoms with Gasteiger partial charge in [-0.2, -0.15) is 0 Å². The number of anilines is 1. The topological polar surface area (TPSA) is 79.8 Å². The summed E-state index contributed by atoms with van der Waals surface area (Å²) in [5.41, 5.74) is 0.709. The maximum Gasteiger partial charge on any atom is 0.254 e. The molecule has 1 aliphatic heterocycles. The fraction of sp³-hybridized carbons (Fsp3) is 0.588. The lowest BCUT2D eigenvalue weighted by Crippen LogP contribution is -2.45. The van der Waals surface area contributed by atoms with Gasteiger partial charge in [0.2, 0.25) is 0 Å². The van der Waals surface area contributed by atoms with Crippen LogP contribution >= 0.6 is 12.4 Å². The number of hydrogen-bond donors (Lipinski definition) is 3. The number of ether oxygens (including phenoxy) is 2. The van der Waals surface area contributed by atoms with Crippen LogP contribution in [0.3, 0.4) is 0 Å². The Kier molecular flexibility index (Phi) is 7.30. The third kappa shape index (κ3) is 5.08. The van der Waals surface area contributed by atoms with Gasteiger partial charge < -0.3 is 25.2 Å². The zero-order valence-electron chi connectivity index (χ0n) is 13.6. The zero-order valence-corrected chi connectivity index (χ0v) is 14.4. The molecule has 134 valence electrons. The van der Waals surface area contributed by atoms with Crippen LogP contribution < -0.4 is 15.4 Å². The van der Waals surface area contributed by atoms with Crippen LogP contribution in [-0.2, 0) is 9.53 Å². The second-order valence-corrected chi connectivity index (χ2v) is 6.09. The summed E-state index contributed by atoms with van der Waals surface area (Å²) >= 11 is 0. The van der Waals surface area contributed by atoms with Gasteiger partial charge in [-0.25, -0.2) is 0 Å². The van der Waals surface area contributed by atoms with Gasteiger partial charge in [-0.3, -0.25) is 4.79 Å². The Morgan fingerprint density at radius 1 is 1.25 bits per heavy atom. The molecule has 1 aliphatic carbocycles. The van der Waals surface area contributed by atoms with Crippen molar-refractivity contribution >= 4 is 24.0 Å². The molecule has 0 aromatic heterocycles. The third-order valence-electron chi connectivity index (χ3n) is 4.30. The SMILES string of the molecule is Cl.O=C(Nc1ccc(OC2CCCCC2O)cc1)[C@H]1CNCCO1. The van der Waals surface area contributed by atoms with Gasteiger partial charge in [0.05, 0.1) is 12.7 Å². The van der Waals surface area contributed by atoms with Gasteiger partial charge in [0, 0.05) is 18.8 Å². The summed E-state index contributed by atoms with van der Waals surface area (Å²) in [6.45, 7) is 1.87. The molecule has 6 nitrogen and oxygen atoms in total. The van der Waals surface area contributed by atoms with Gasteiger partial charge in [0.15, 0.2) is 0 Å². The predicted octanol–water partition coefficient (Wildman–Crippen LogP) is 1.72. The fourth-order valence-corrected chi connectivity index (χ4v) is 2.96. The van der Waals surface area contributed by atoms with E-state index in [0.29, 0.717) is 24.6 Å². The van der Waals surface area contributed by atoms with E-state index in [1.54, 1.807) is 12.1 Å². The average Bonchev–Trinajstić information content (AvgIpc) is 2.59. The molecule has 1 aromatic rings. The summed E-state index contributed by atoms with van der Waals surface area (Å²) in [5, 5.41) is 15.9. The van der Waals surface area contributed by atoms with Crippen LogP contribution in [0.4, 0.5) is 5.69 Å². The number of halogens is 1. The second-order valence-electron chi connectivity index (χ2n) is 6.09. The minimum absolute atomic E-state index is 0. The molecule has 2 aliphatic rings. The van der Waals surface area contributed by atoms with Crippen molar-refractivity contribution in [2.24, 2.45) is 0 Å². The third-order valence-corrected chi connectivity index (χ3v) is 4.30. The van der Waals surface area contributed by atoms with Crippen molar-refractivity contribution in [2.45, 2.75) is 44.0 Å². The molecular formula is C17H25ClN2O4. The predicted molar refractivity (Wildman–Crippen MR) is 93.8 cm³/mol. The van der Waals surface area contributed by atoms with Gasteiger partial charge in [-0.05, 0) is 43.5 Å². The van der Waals surface area contributed by atoms with Crippen LogP contribution in [-0.4, -0.2) is 49.0 Å². The molecule has 3 rings (SSSR count). The van der Waals surface area contributed by atoms with E-state index in [0.717, 1.165) is 32.2 Å². The van der Waals surface area contributed by atoms with Crippen LogP contribution in [0.2, 0.25) is 0 Å². The summed E-state index contributed by atoms with van der Waals surface area (Å²) in [4.78, 5) is 12.1. The smallest absolute Gasteiger partial charge is 0.254 e. The Morgan fingerprint density at radius 2 is 2.00 bits per heavy atom. The van der Waals surface area contributed by atoms with Crippen LogP contribution in [0.1, 0.15) is 25.7 Å². The Bertz CT molecular complexity index is 520. The zero-order chi connectivity index (χ0) is 16.1. The number of carbonyl (C=O) groups is 1. The number of aliphatic hydroxyl groups excluding tert-OH is 1. The van der Waals surface area contributed by atoms with Crippen LogP contribution in [0.5, 0.6) is 5.75 Å². The number of aliphatic hydroxyl groups is 1. The monoisotopic (exact) mass is 356 g/mol. The summed E-state index contributed by atoms with van der Waals surface area (Å²) in [5.74, 6) is 0.568. The van der Waals surface area contributed by atoms with E-state index in [9.17, 15) is 9.90 Å². The molecule has 1 saturated heterocycles. The molecule has 2 fully saturated rings. The van der Waals surface area contributed by atoms with Crippen molar-refractivity contribution in [3.8, 4) is 5.75 Å². The Labute approximate surface area is 148 Å². The highest BCUT2D eigenvalue weighted by Gasteiger charge is 2.25. The van der Waals surface area contributed by atoms with Crippen LogP contribution in [0.15, 0.2) is 24.3 Å². The van der Waals surface area contributed by atoms with E-state index in [-0.39, 0.29) is 30.5 Å². The number of morpholine rings is 1. The molecule has 3 N–H and O–H groups in total. The minimum atomic E-state index is -0.447. The first-order valence-electron chi connectivity index (χ1n) is 8.30. The molecular weight excluding hydrogens is 332 g/mol. The Hall–Kier alpha value is -1.34. The fourth-order valence-electron chi connectivity index (χ4n) is 2.96. The molecule has 0 radical (unpaired) electrons. The quantitative estimate of drug-likeness (QED) is 0.765. The van der Waals surface area contributed by atoms with Gasteiger partial charge in [-0.15, -0.1) is 12.4 Å². The van der Waals surface area contributed by atoms with E-state index in [4.69, 9.17) is 9.47 Å². The number of amides is 1. The number of hydrogen-bond acceptors (Lipinski definition) is 5. The first-order valence-corrected chi connectivity index (χ1v) is 8.30. The molecule has 7 heteroatoms. The van der Waals surface area contributed by atoms with Gasteiger partial charge >= 0.3 is 0 Å². The molecule has 2 unspecified atom stereocenters. The number of carbonyl (C=O) groups excluding carboxylic acids is 1. The lowest BCUT2D eigenvalue weighted by molar-refractivity contribution is -0.128. The standard InChI is InChI=1S/C17H24N2O4.ClH/c20-14-3-1-2-4-15(14)23-13-7-5-12(6-8-13)19-17(21)16-11-18-9-10-22-16;/h5-8,14-16,18,20H,1-4,9-11H2,(H,19,21);1H/t14?,15?,16-;/m1./s1. The Balaban J connectivity index is 0.00000208. The lowest BCUT2D eigenvalue weighted by Gasteiger charge is -2.28. The highest BCUT2D eigenvalue weighted by Crippen LogP contribution is 2.25. The van der Waals surface area contributed by atoms with E-state index >= 15 is 0 Å². The van der Waals surface area contributed by atoms with Crippen molar-refractivity contribution in [3.63, 3.8) is 0 Å². The minimum Gasteiger partial charge on any atom is -0.488 e. The van der Waals surface area contributed by atoms with E-state index in [2.05, 4.69) is 10.6 Å². The molecule has 0 bridgehead atoms. The molecule has 0 spiro atoms. The largest absolute Gasteiger partial charge is 0.488 e. The summed E-state index contributed by atoms with van der Waals surface area (Å²) in [6, 6.07) is 7.24. The Morgan fingerprint density at radius 3 is 2.67 bits per heavy atom. The molecule has 24 heavy (non-hydrogen) atoms. The normalized spacial score (nSPS) is 27.0. The van der Waals surface area contributed by atoms with Crippen molar-refractivity contribution in [1.82, 2.24) is 5.32 Å². The molecule has 1 heterocycles. The number of rotatable bonds is 4. The first-order chi connectivity index (χ1) is 11.2. The van der Waals surface area contributed by atoms with E-state index in [1.165, 1.54) is 0 Å². The molecule has 1 aromatic carbocycles. The number of nitrogens with one attached hydrogen (secondary N) is 2. The van der Waals surface area contributed by atoms with Crippen molar-refractivity contribution in [1.29, 1.82) is 0 Å². The average molecular weight is 357 g/mol.